The zero-order chi connectivity index (χ0) is 14.5. The molecule has 0 aliphatic rings. The average Bonchev–Trinajstić information content (AvgIpc) is 2.53. The average molecular weight is 275 g/mol. The molecular weight excluding hydrogens is 258 g/mol. The van der Waals surface area contributed by atoms with Crippen LogP contribution in [0.3, 0.4) is 0 Å². The lowest BCUT2D eigenvalue weighted by atomic mass is 10.0. The van der Waals surface area contributed by atoms with Crippen LogP contribution in [0.2, 0.25) is 0 Å². The van der Waals surface area contributed by atoms with Gasteiger partial charge in [-0.2, -0.15) is 0 Å². The lowest BCUT2D eigenvalue weighted by Crippen LogP contribution is -2.14. The Balaban J connectivity index is 2.34. The first-order valence-corrected chi connectivity index (χ1v) is 6.03. The van der Waals surface area contributed by atoms with Crippen molar-refractivity contribution in [1.29, 1.82) is 0 Å². The second-order valence-corrected chi connectivity index (χ2v) is 4.08. The molecule has 6 heteroatoms. The summed E-state index contributed by atoms with van der Waals surface area (Å²) >= 11 is 0. The molecule has 0 spiro atoms. The van der Waals surface area contributed by atoms with Gasteiger partial charge in [-0.1, -0.05) is 6.07 Å². The lowest BCUT2D eigenvalue weighted by Gasteiger charge is -2.14. The normalized spacial score (nSPS) is 11.8. The molecule has 1 aromatic heterocycles. The molecule has 0 aliphatic carbocycles. The van der Waals surface area contributed by atoms with Gasteiger partial charge in [0.2, 0.25) is 5.88 Å². The second kappa shape index (κ2) is 6.21. The fourth-order valence-electron chi connectivity index (χ4n) is 1.85. The van der Waals surface area contributed by atoms with Crippen LogP contribution in [0.5, 0.6) is 17.4 Å². The summed E-state index contributed by atoms with van der Waals surface area (Å²) < 4.78 is 15.5. The van der Waals surface area contributed by atoms with E-state index in [4.69, 9.17) is 19.9 Å². The maximum Gasteiger partial charge on any atom is 0.216 e. The molecule has 2 rings (SSSR count). The number of nitrogens with zero attached hydrogens (tertiary/aromatic N) is 2. The molecule has 106 valence electrons. The number of aromatic nitrogens is 2. The predicted molar refractivity (Wildman–Crippen MR) is 74.2 cm³/mol. The molecule has 0 fully saturated rings. The topological polar surface area (TPSA) is 79.5 Å². The molecule has 0 bridgehead atoms. The molecule has 0 radical (unpaired) electrons. The van der Waals surface area contributed by atoms with Crippen LogP contribution >= 0.6 is 0 Å². The zero-order valence-electron chi connectivity index (χ0n) is 11.7. The fraction of sp³-hybridized carbons (Fsp3) is 0.286. The number of hydrogen-bond donors (Lipinski definition) is 1. The summed E-state index contributed by atoms with van der Waals surface area (Å²) in [4.78, 5) is 8.14. The summed E-state index contributed by atoms with van der Waals surface area (Å²) in [6, 6.07) is 6.83. The van der Waals surface area contributed by atoms with Gasteiger partial charge in [-0.05, 0) is 17.7 Å². The predicted octanol–water partition coefficient (Wildman–Crippen LogP) is 1.55. The van der Waals surface area contributed by atoms with Crippen LogP contribution in [0.1, 0.15) is 17.3 Å². The first-order valence-electron chi connectivity index (χ1n) is 6.03. The van der Waals surface area contributed by atoms with E-state index < -0.39 is 6.04 Å². The summed E-state index contributed by atoms with van der Waals surface area (Å²) in [6.07, 6.45) is 1.43. The first kappa shape index (κ1) is 14.1. The highest BCUT2D eigenvalue weighted by Crippen LogP contribution is 2.31. The van der Waals surface area contributed by atoms with Crippen LogP contribution in [0.15, 0.2) is 30.6 Å². The summed E-state index contributed by atoms with van der Waals surface area (Å²) in [7, 11) is 4.72. The van der Waals surface area contributed by atoms with Gasteiger partial charge in [0.1, 0.15) is 6.33 Å². The minimum atomic E-state index is -0.397. The van der Waals surface area contributed by atoms with Gasteiger partial charge in [-0.3, -0.25) is 0 Å². The van der Waals surface area contributed by atoms with Gasteiger partial charge in [-0.15, -0.1) is 0 Å². The molecule has 2 aromatic rings. The van der Waals surface area contributed by atoms with Crippen molar-refractivity contribution in [3.05, 3.63) is 41.9 Å². The minimum absolute atomic E-state index is 0.397. The van der Waals surface area contributed by atoms with Crippen LogP contribution in [0, 0.1) is 0 Å². The number of hydrogen-bond acceptors (Lipinski definition) is 6. The van der Waals surface area contributed by atoms with Crippen molar-refractivity contribution < 1.29 is 14.2 Å². The maximum absolute atomic E-state index is 6.21. The van der Waals surface area contributed by atoms with Crippen LogP contribution in [-0.4, -0.2) is 31.3 Å². The summed E-state index contributed by atoms with van der Waals surface area (Å²) in [5.74, 6) is 1.76. The highest BCUT2D eigenvalue weighted by molar-refractivity contribution is 5.45. The molecule has 1 aromatic carbocycles. The van der Waals surface area contributed by atoms with Gasteiger partial charge >= 0.3 is 0 Å². The van der Waals surface area contributed by atoms with Crippen molar-refractivity contribution >= 4 is 0 Å². The van der Waals surface area contributed by atoms with E-state index in [1.165, 1.54) is 6.33 Å². The standard InChI is InChI=1S/C14H17N3O3/c1-18-11-5-4-9(6-12(11)19-2)14(15)10-7-13(20-3)17-8-16-10/h4-8,14H,15H2,1-3H3. The van der Waals surface area contributed by atoms with Crippen molar-refractivity contribution in [2.75, 3.05) is 21.3 Å². The molecule has 1 atom stereocenters. The molecule has 2 N–H and O–H groups in total. The Bertz CT molecular complexity index is 590. The molecule has 0 amide bonds. The van der Waals surface area contributed by atoms with Gasteiger partial charge in [0.05, 0.1) is 33.1 Å². The molecular formula is C14H17N3O3. The third-order valence-corrected chi connectivity index (χ3v) is 2.96. The fourth-order valence-corrected chi connectivity index (χ4v) is 1.85. The Kier molecular flexibility index (Phi) is 4.37. The number of methoxy groups -OCH3 is 3. The van der Waals surface area contributed by atoms with Crippen molar-refractivity contribution in [2.45, 2.75) is 6.04 Å². The van der Waals surface area contributed by atoms with Gasteiger partial charge in [-0.25, -0.2) is 9.97 Å². The van der Waals surface area contributed by atoms with E-state index >= 15 is 0 Å². The SMILES string of the molecule is COc1cc(C(N)c2ccc(OC)c(OC)c2)ncn1. The second-order valence-electron chi connectivity index (χ2n) is 4.08. The van der Waals surface area contributed by atoms with Gasteiger partial charge in [0, 0.05) is 6.07 Å². The van der Waals surface area contributed by atoms with E-state index in [-0.39, 0.29) is 0 Å². The van der Waals surface area contributed by atoms with Crippen LogP contribution in [0.4, 0.5) is 0 Å². The molecule has 6 nitrogen and oxygen atoms in total. The molecule has 0 aliphatic heterocycles. The first-order chi connectivity index (χ1) is 9.69. The third kappa shape index (κ3) is 2.80. The van der Waals surface area contributed by atoms with Crippen molar-refractivity contribution in [1.82, 2.24) is 9.97 Å². The molecule has 0 saturated carbocycles. The number of ether oxygens (including phenoxy) is 3. The van der Waals surface area contributed by atoms with Crippen molar-refractivity contribution in [3.63, 3.8) is 0 Å². The van der Waals surface area contributed by atoms with Crippen molar-refractivity contribution in [2.24, 2.45) is 5.73 Å². The van der Waals surface area contributed by atoms with E-state index in [1.54, 1.807) is 27.4 Å². The van der Waals surface area contributed by atoms with Gasteiger partial charge in [0.25, 0.3) is 0 Å². The van der Waals surface area contributed by atoms with Gasteiger partial charge in [0.15, 0.2) is 11.5 Å². The number of nitrogens with two attached hydrogens (primary N) is 1. The van der Waals surface area contributed by atoms with Gasteiger partial charge < -0.3 is 19.9 Å². The van der Waals surface area contributed by atoms with Crippen molar-refractivity contribution in [3.8, 4) is 17.4 Å². The Morgan fingerprint density at radius 2 is 1.70 bits per heavy atom. The van der Waals surface area contributed by atoms with E-state index in [0.717, 1.165) is 5.56 Å². The Morgan fingerprint density at radius 1 is 0.950 bits per heavy atom. The van der Waals surface area contributed by atoms with E-state index in [9.17, 15) is 0 Å². The zero-order valence-corrected chi connectivity index (χ0v) is 11.7. The quantitative estimate of drug-likeness (QED) is 0.891. The highest BCUT2D eigenvalue weighted by Gasteiger charge is 2.14. The molecule has 1 unspecified atom stereocenters. The number of benzene rings is 1. The third-order valence-electron chi connectivity index (χ3n) is 2.96. The van der Waals surface area contributed by atoms with E-state index in [0.29, 0.717) is 23.1 Å². The molecule has 1 heterocycles. The van der Waals surface area contributed by atoms with E-state index in [2.05, 4.69) is 9.97 Å². The Hall–Kier alpha value is -2.34. The summed E-state index contributed by atoms with van der Waals surface area (Å²) in [6.45, 7) is 0. The van der Waals surface area contributed by atoms with Crippen LogP contribution in [0.25, 0.3) is 0 Å². The summed E-state index contributed by atoms with van der Waals surface area (Å²) in [5, 5.41) is 0. The molecule has 20 heavy (non-hydrogen) atoms. The monoisotopic (exact) mass is 275 g/mol. The highest BCUT2D eigenvalue weighted by atomic mass is 16.5. The van der Waals surface area contributed by atoms with E-state index in [1.807, 2.05) is 18.2 Å². The number of rotatable bonds is 5. The Morgan fingerprint density at radius 3 is 2.35 bits per heavy atom. The van der Waals surface area contributed by atoms with Crippen LogP contribution in [-0.2, 0) is 0 Å². The largest absolute Gasteiger partial charge is 0.493 e. The summed E-state index contributed by atoms with van der Waals surface area (Å²) in [5.41, 5.74) is 7.75. The van der Waals surface area contributed by atoms with Crippen LogP contribution < -0.4 is 19.9 Å². The maximum atomic E-state index is 6.21. The molecule has 0 saturated heterocycles. The minimum Gasteiger partial charge on any atom is -0.493 e. The lowest BCUT2D eigenvalue weighted by molar-refractivity contribution is 0.354. The smallest absolute Gasteiger partial charge is 0.216 e. The Labute approximate surface area is 117 Å².